The van der Waals surface area contributed by atoms with Crippen LogP contribution in [0.5, 0.6) is 0 Å². The van der Waals surface area contributed by atoms with E-state index in [9.17, 15) is 14.7 Å². The number of amides is 1. The Morgan fingerprint density at radius 2 is 1.97 bits per heavy atom. The quantitative estimate of drug-likeness (QED) is 0.283. The molecule has 0 spiro atoms. The van der Waals surface area contributed by atoms with Gasteiger partial charge in [0, 0.05) is 29.7 Å². The lowest BCUT2D eigenvalue weighted by atomic mass is 10.1. The number of nitrogens with zero attached hydrogens (tertiary/aromatic N) is 1. The molecule has 0 saturated heterocycles. The van der Waals surface area contributed by atoms with Crippen molar-refractivity contribution in [1.29, 1.82) is 0 Å². The molecule has 1 fully saturated rings. The molecule has 2 N–H and O–H groups in total. The Morgan fingerprint density at radius 3 is 2.68 bits per heavy atom. The number of hydrogen-bond acceptors (Lipinski definition) is 7. The van der Waals surface area contributed by atoms with Gasteiger partial charge in [-0.15, -0.1) is 22.7 Å². The summed E-state index contributed by atoms with van der Waals surface area (Å²) in [7, 11) is 0. The maximum absolute atomic E-state index is 12.3. The molecule has 3 heterocycles. The molecule has 3 aromatic heterocycles. The van der Waals surface area contributed by atoms with Crippen molar-refractivity contribution in [2.75, 3.05) is 5.32 Å². The Bertz CT molecular complexity index is 1460. The van der Waals surface area contributed by atoms with Crippen molar-refractivity contribution in [2.45, 2.75) is 31.8 Å². The smallest absolute Gasteiger partial charge is 0.412 e. The number of aryl methyl sites for hydroxylation is 1. The SMILES string of the molecule is Cc1snc(C#Cc2cc3sc(C4(C(=O)O)CC4)cc3s2)c1NC(=O)OCc1ccccc1Cl. The minimum Gasteiger partial charge on any atom is -0.481 e. The van der Waals surface area contributed by atoms with Crippen LogP contribution in [0.3, 0.4) is 0 Å². The molecule has 172 valence electrons. The van der Waals surface area contributed by atoms with Crippen LogP contribution in [-0.2, 0) is 21.6 Å². The Labute approximate surface area is 212 Å². The Hall–Kier alpha value is -2.90. The Kier molecular flexibility index (Phi) is 6.08. The topological polar surface area (TPSA) is 88.5 Å². The van der Waals surface area contributed by atoms with Crippen LogP contribution in [0.4, 0.5) is 10.5 Å². The van der Waals surface area contributed by atoms with Gasteiger partial charge in [-0.2, -0.15) is 4.37 Å². The van der Waals surface area contributed by atoms with Crippen molar-refractivity contribution >= 4 is 73.0 Å². The molecule has 0 bridgehead atoms. The van der Waals surface area contributed by atoms with Crippen molar-refractivity contribution in [1.82, 2.24) is 4.37 Å². The summed E-state index contributed by atoms with van der Waals surface area (Å²) in [5, 5.41) is 12.8. The van der Waals surface area contributed by atoms with Gasteiger partial charge < -0.3 is 9.84 Å². The summed E-state index contributed by atoms with van der Waals surface area (Å²) in [6.45, 7) is 1.91. The first-order chi connectivity index (χ1) is 16.4. The molecular formula is C24H17ClN2O4S3. The number of thiophene rings is 2. The standard InChI is InChI=1S/C24H17ClN2O4S3/c1-13-21(26-23(30)31-12-14-4-2-3-5-16(14)25)17(27-34-13)7-6-15-10-18-19(32-15)11-20(33-18)24(8-9-24)22(28)29/h2-5,10-11H,8-9,12H2,1H3,(H,26,30)(H,28,29). The lowest BCUT2D eigenvalue weighted by Gasteiger charge is -2.08. The molecule has 6 nitrogen and oxygen atoms in total. The molecule has 0 radical (unpaired) electrons. The highest BCUT2D eigenvalue weighted by Crippen LogP contribution is 2.52. The van der Waals surface area contributed by atoms with Gasteiger partial charge in [0.05, 0.1) is 10.6 Å². The van der Waals surface area contributed by atoms with Crippen LogP contribution in [0.25, 0.3) is 9.40 Å². The number of halogens is 1. The van der Waals surface area contributed by atoms with Crippen LogP contribution < -0.4 is 5.32 Å². The highest BCUT2D eigenvalue weighted by Gasteiger charge is 2.53. The third kappa shape index (κ3) is 4.42. The predicted octanol–water partition coefficient (Wildman–Crippen LogP) is 6.65. The monoisotopic (exact) mass is 528 g/mol. The molecule has 0 aliphatic heterocycles. The van der Waals surface area contributed by atoms with Gasteiger partial charge in [0.25, 0.3) is 0 Å². The minimum absolute atomic E-state index is 0.0558. The molecule has 34 heavy (non-hydrogen) atoms. The van der Waals surface area contributed by atoms with Crippen molar-refractivity contribution in [3.63, 3.8) is 0 Å². The van der Waals surface area contributed by atoms with Crippen molar-refractivity contribution in [3.8, 4) is 11.8 Å². The Balaban J connectivity index is 1.29. The van der Waals surface area contributed by atoms with Crippen molar-refractivity contribution in [2.24, 2.45) is 0 Å². The van der Waals surface area contributed by atoms with Gasteiger partial charge in [-0.25, -0.2) is 4.79 Å². The van der Waals surface area contributed by atoms with E-state index in [1.807, 2.05) is 31.2 Å². The number of aliphatic carboxylic acids is 1. The van der Waals surface area contributed by atoms with E-state index in [1.54, 1.807) is 12.1 Å². The van der Waals surface area contributed by atoms with Gasteiger partial charge >= 0.3 is 12.1 Å². The molecule has 10 heteroatoms. The number of carboxylic acid groups (broad SMARTS) is 1. The molecule has 4 aromatic rings. The van der Waals surface area contributed by atoms with Gasteiger partial charge in [0.15, 0.2) is 5.69 Å². The summed E-state index contributed by atoms with van der Waals surface area (Å²) < 4.78 is 11.7. The van der Waals surface area contributed by atoms with E-state index < -0.39 is 17.5 Å². The zero-order valence-electron chi connectivity index (χ0n) is 17.8. The summed E-state index contributed by atoms with van der Waals surface area (Å²) in [5.41, 5.74) is 1.03. The number of rotatable bonds is 5. The fourth-order valence-corrected chi connectivity index (χ4v) is 6.73. The maximum atomic E-state index is 12.3. The molecule has 5 rings (SSSR count). The highest BCUT2D eigenvalue weighted by atomic mass is 35.5. The number of carbonyl (C=O) groups excluding carboxylic acids is 1. The molecule has 1 aliphatic carbocycles. The number of nitrogens with one attached hydrogen (secondary N) is 1. The molecule has 1 aliphatic rings. The minimum atomic E-state index is -0.745. The van der Waals surface area contributed by atoms with Crippen molar-refractivity contribution < 1.29 is 19.4 Å². The lowest BCUT2D eigenvalue weighted by Crippen LogP contribution is -2.17. The van der Waals surface area contributed by atoms with E-state index in [2.05, 4.69) is 21.5 Å². The average molecular weight is 529 g/mol. The summed E-state index contributed by atoms with van der Waals surface area (Å²) in [4.78, 5) is 26.5. The summed E-state index contributed by atoms with van der Waals surface area (Å²) in [5.74, 6) is 5.42. The van der Waals surface area contributed by atoms with Crippen LogP contribution in [0.2, 0.25) is 5.02 Å². The van der Waals surface area contributed by atoms with Crippen LogP contribution in [0.1, 0.15) is 38.7 Å². The third-order valence-corrected chi connectivity index (χ3v) is 9.08. The van der Waals surface area contributed by atoms with Crippen LogP contribution in [0, 0.1) is 18.8 Å². The number of carboxylic acids is 1. The van der Waals surface area contributed by atoms with E-state index in [-0.39, 0.29) is 6.61 Å². The normalized spacial score (nSPS) is 13.8. The number of anilines is 1. The second-order valence-electron chi connectivity index (χ2n) is 7.84. The predicted molar refractivity (Wildman–Crippen MR) is 136 cm³/mol. The zero-order valence-corrected chi connectivity index (χ0v) is 21.0. The van der Waals surface area contributed by atoms with E-state index in [1.165, 1.54) is 34.2 Å². The third-order valence-electron chi connectivity index (χ3n) is 5.55. The second kappa shape index (κ2) is 9.04. The Morgan fingerprint density at radius 1 is 1.21 bits per heavy atom. The van der Waals surface area contributed by atoms with Crippen molar-refractivity contribution in [3.05, 3.63) is 67.3 Å². The molecule has 0 atom stereocenters. The molecule has 1 saturated carbocycles. The van der Waals surface area contributed by atoms with Crippen LogP contribution in [0.15, 0.2) is 36.4 Å². The fourth-order valence-electron chi connectivity index (χ4n) is 3.45. The van der Waals surface area contributed by atoms with Gasteiger partial charge in [-0.3, -0.25) is 10.1 Å². The molecule has 1 aromatic carbocycles. The molecule has 1 amide bonds. The number of aromatic nitrogens is 1. The number of ether oxygens (including phenoxy) is 1. The fraction of sp³-hybridized carbons (Fsp3) is 0.208. The van der Waals surface area contributed by atoms with Gasteiger partial charge in [0.2, 0.25) is 0 Å². The summed E-state index contributed by atoms with van der Waals surface area (Å²) in [6, 6.07) is 11.1. The molecule has 0 unspecified atom stereocenters. The van der Waals surface area contributed by atoms with Gasteiger partial charge in [0.1, 0.15) is 12.0 Å². The molecular weight excluding hydrogens is 512 g/mol. The highest BCUT2D eigenvalue weighted by molar-refractivity contribution is 7.28. The first kappa shape index (κ1) is 22.9. The van der Waals surface area contributed by atoms with E-state index in [4.69, 9.17) is 16.3 Å². The summed E-state index contributed by atoms with van der Waals surface area (Å²) in [6.07, 6.45) is 0.785. The van der Waals surface area contributed by atoms with E-state index in [0.29, 0.717) is 29.2 Å². The van der Waals surface area contributed by atoms with Gasteiger partial charge in [-0.1, -0.05) is 29.8 Å². The average Bonchev–Trinajstić information content (AvgIpc) is 3.25. The van der Waals surface area contributed by atoms with E-state index in [0.717, 1.165) is 29.6 Å². The number of hydrogen-bond donors (Lipinski definition) is 2. The van der Waals surface area contributed by atoms with Gasteiger partial charge in [-0.05, 0) is 61.3 Å². The van der Waals surface area contributed by atoms with Crippen LogP contribution >= 0.6 is 45.8 Å². The number of fused-ring (bicyclic) bond motifs is 1. The maximum Gasteiger partial charge on any atom is 0.412 e. The number of carbonyl (C=O) groups is 2. The zero-order chi connectivity index (χ0) is 23.9. The second-order valence-corrected chi connectivity index (χ2v) is 11.4. The number of benzene rings is 1. The largest absolute Gasteiger partial charge is 0.481 e. The first-order valence-electron chi connectivity index (χ1n) is 10.3. The first-order valence-corrected chi connectivity index (χ1v) is 13.1. The summed E-state index contributed by atoms with van der Waals surface area (Å²) >= 11 is 10.4. The van der Waals surface area contributed by atoms with Crippen LogP contribution in [-0.4, -0.2) is 21.5 Å². The van der Waals surface area contributed by atoms with E-state index >= 15 is 0 Å². The lowest BCUT2D eigenvalue weighted by molar-refractivity contribution is -0.139.